The number of rotatable bonds is 0. The van der Waals surface area contributed by atoms with Gasteiger partial charge in [-0.3, -0.25) is 0 Å². The maximum Gasteiger partial charge on any atom is 0.133 e. The van der Waals surface area contributed by atoms with Crippen LogP contribution in [0.3, 0.4) is 0 Å². The SMILES string of the molecule is CC.Oc1cc2c(c3c1CCCO3)CCCO2. The molecular weight excluding hydrogens is 216 g/mol. The number of fused-ring (bicyclic) bond motifs is 3. The zero-order valence-electron chi connectivity index (χ0n) is 10.6. The van der Waals surface area contributed by atoms with Crippen molar-refractivity contribution < 1.29 is 14.6 Å². The van der Waals surface area contributed by atoms with Crippen LogP contribution in [-0.4, -0.2) is 18.3 Å². The lowest BCUT2D eigenvalue weighted by Gasteiger charge is -2.26. The molecule has 1 N–H and O–H groups in total. The molecular formula is C14H20O3. The minimum Gasteiger partial charge on any atom is -0.507 e. The van der Waals surface area contributed by atoms with Crippen LogP contribution in [0.5, 0.6) is 17.2 Å². The molecule has 2 aliphatic heterocycles. The highest BCUT2D eigenvalue weighted by molar-refractivity contribution is 5.58. The fraction of sp³-hybridized carbons (Fsp3) is 0.571. The maximum atomic E-state index is 9.85. The van der Waals surface area contributed by atoms with E-state index in [2.05, 4.69) is 0 Å². The van der Waals surface area contributed by atoms with Crippen molar-refractivity contribution in [2.75, 3.05) is 13.2 Å². The van der Waals surface area contributed by atoms with Crippen molar-refractivity contribution in [3.8, 4) is 17.2 Å². The molecule has 0 amide bonds. The number of aromatic hydroxyl groups is 1. The van der Waals surface area contributed by atoms with E-state index >= 15 is 0 Å². The van der Waals surface area contributed by atoms with E-state index in [9.17, 15) is 5.11 Å². The van der Waals surface area contributed by atoms with Crippen LogP contribution in [0.4, 0.5) is 0 Å². The summed E-state index contributed by atoms with van der Waals surface area (Å²) >= 11 is 0. The van der Waals surface area contributed by atoms with Gasteiger partial charge in [-0.2, -0.15) is 0 Å². The van der Waals surface area contributed by atoms with Gasteiger partial charge in [0.2, 0.25) is 0 Å². The summed E-state index contributed by atoms with van der Waals surface area (Å²) in [5, 5.41) is 9.85. The van der Waals surface area contributed by atoms with E-state index in [1.165, 1.54) is 0 Å². The van der Waals surface area contributed by atoms with E-state index in [1.54, 1.807) is 6.07 Å². The van der Waals surface area contributed by atoms with Crippen LogP contribution < -0.4 is 9.47 Å². The van der Waals surface area contributed by atoms with Crippen molar-refractivity contribution in [1.82, 2.24) is 0 Å². The molecule has 94 valence electrons. The Morgan fingerprint density at radius 3 is 2.41 bits per heavy atom. The summed E-state index contributed by atoms with van der Waals surface area (Å²) in [6.07, 6.45) is 3.93. The highest BCUT2D eigenvalue weighted by Gasteiger charge is 2.24. The number of ether oxygens (including phenoxy) is 2. The fourth-order valence-electron chi connectivity index (χ4n) is 2.34. The van der Waals surface area contributed by atoms with Crippen LogP contribution in [-0.2, 0) is 12.8 Å². The van der Waals surface area contributed by atoms with Crippen LogP contribution in [0.15, 0.2) is 6.07 Å². The smallest absolute Gasteiger partial charge is 0.133 e. The number of benzene rings is 1. The summed E-state index contributed by atoms with van der Waals surface area (Å²) in [4.78, 5) is 0. The summed E-state index contributed by atoms with van der Waals surface area (Å²) < 4.78 is 11.2. The molecule has 0 radical (unpaired) electrons. The molecule has 2 heterocycles. The number of hydrogen-bond donors (Lipinski definition) is 1. The van der Waals surface area contributed by atoms with Crippen LogP contribution in [0.2, 0.25) is 0 Å². The molecule has 0 aromatic heterocycles. The van der Waals surface area contributed by atoms with E-state index in [0.717, 1.165) is 61.5 Å². The quantitative estimate of drug-likeness (QED) is 0.752. The molecule has 0 spiro atoms. The molecule has 1 aromatic carbocycles. The van der Waals surface area contributed by atoms with E-state index in [4.69, 9.17) is 9.47 Å². The van der Waals surface area contributed by atoms with Crippen molar-refractivity contribution in [2.45, 2.75) is 39.5 Å². The van der Waals surface area contributed by atoms with E-state index in [1.807, 2.05) is 13.8 Å². The van der Waals surface area contributed by atoms with Crippen molar-refractivity contribution in [3.05, 3.63) is 17.2 Å². The monoisotopic (exact) mass is 236 g/mol. The Morgan fingerprint density at radius 2 is 1.65 bits per heavy atom. The third kappa shape index (κ3) is 2.19. The van der Waals surface area contributed by atoms with E-state index < -0.39 is 0 Å². The zero-order chi connectivity index (χ0) is 12.3. The molecule has 0 bridgehead atoms. The van der Waals surface area contributed by atoms with Crippen LogP contribution in [0, 0.1) is 0 Å². The van der Waals surface area contributed by atoms with E-state index in [0.29, 0.717) is 5.75 Å². The van der Waals surface area contributed by atoms with Gasteiger partial charge in [-0.15, -0.1) is 0 Å². The molecule has 0 saturated heterocycles. The molecule has 17 heavy (non-hydrogen) atoms. The summed E-state index contributed by atoms with van der Waals surface area (Å²) in [5.74, 6) is 2.01. The van der Waals surface area contributed by atoms with Gasteiger partial charge in [0, 0.05) is 17.2 Å². The molecule has 3 rings (SSSR count). The lowest BCUT2D eigenvalue weighted by atomic mass is 9.96. The topological polar surface area (TPSA) is 38.7 Å². The van der Waals surface area contributed by atoms with Crippen LogP contribution >= 0.6 is 0 Å². The van der Waals surface area contributed by atoms with Crippen LogP contribution in [0.25, 0.3) is 0 Å². The first-order chi connectivity index (χ1) is 8.36. The van der Waals surface area contributed by atoms with Gasteiger partial charge in [-0.1, -0.05) is 13.8 Å². The molecule has 3 heteroatoms. The summed E-state index contributed by atoms with van der Waals surface area (Å²) in [7, 11) is 0. The van der Waals surface area contributed by atoms with Gasteiger partial charge in [0.15, 0.2) is 0 Å². The highest BCUT2D eigenvalue weighted by atomic mass is 16.5. The zero-order valence-corrected chi connectivity index (χ0v) is 10.6. The molecule has 0 atom stereocenters. The van der Waals surface area contributed by atoms with Gasteiger partial charge in [0.25, 0.3) is 0 Å². The Kier molecular flexibility index (Phi) is 3.77. The second-order valence-corrected chi connectivity index (χ2v) is 4.08. The van der Waals surface area contributed by atoms with Gasteiger partial charge >= 0.3 is 0 Å². The van der Waals surface area contributed by atoms with Gasteiger partial charge in [-0.05, 0) is 25.7 Å². The first-order valence-corrected chi connectivity index (χ1v) is 6.49. The minimum absolute atomic E-state index is 0.324. The first kappa shape index (κ1) is 12.1. The molecule has 0 fully saturated rings. The third-order valence-electron chi connectivity index (χ3n) is 3.07. The number of phenolic OH excluding ortho intramolecular Hbond substituents is 1. The summed E-state index contributed by atoms with van der Waals surface area (Å²) in [6.45, 7) is 5.49. The molecule has 2 aliphatic rings. The highest BCUT2D eigenvalue weighted by Crippen LogP contribution is 2.43. The second-order valence-electron chi connectivity index (χ2n) is 4.08. The van der Waals surface area contributed by atoms with Crippen LogP contribution in [0.1, 0.15) is 37.8 Å². The van der Waals surface area contributed by atoms with Gasteiger partial charge < -0.3 is 14.6 Å². The fourth-order valence-corrected chi connectivity index (χ4v) is 2.34. The predicted molar refractivity (Wildman–Crippen MR) is 67.1 cm³/mol. The van der Waals surface area contributed by atoms with Gasteiger partial charge in [0.05, 0.1) is 13.2 Å². The normalized spacial score (nSPS) is 16.6. The Bertz CT molecular complexity index is 399. The first-order valence-electron chi connectivity index (χ1n) is 6.49. The Morgan fingerprint density at radius 1 is 1.00 bits per heavy atom. The Hall–Kier alpha value is -1.38. The lowest BCUT2D eigenvalue weighted by molar-refractivity contribution is 0.255. The lowest BCUT2D eigenvalue weighted by Crippen LogP contribution is -2.15. The largest absolute Gasteiger partial charge is 0.507 e. The minimum atomic E-state index is 0.324. The number of hydrogen-bond acceptors (Lipinski definition) is 3. The molecule has 0 aliphatic carbocycles. The molecule has 0 saturated carbocycles. The van der Waals surface area contributed by atoms with Crippen molar-refractivity contribution in [2.24, 2.45) is 0 Å². The third-order valence-corrected chi connectivity index (χ3v) is 3.07. The molecule has 0 unspecified atom stereocenters. The van der Waals surface area contributed by atoms with Gasteiger partial charge in [0.1, 0.15) is 17.2 Å². The van der Waals surface area contributed by atoms with Crippen molar-refractivity contribution in [3.63, 3.8) is 0 Å². The van der Waals surface area contributed by atoms with E-state index in [-0.39, 0.29) is 0 Å². The average molecular weight is 236 g/mol. The van der Waals surface area contributed by atoms with Crippen molar-refractivity contribution in [1.29, 1.82) is 0 Å². The standard InChI is InChI=1S/C12H14O3.C2H6/c13-10-7-11-9(4-2-5-14-11)12-8(10)3-1-6-15-12;1-2/h7,13H,1-6H2;1-2H3. The molecule has 3 nitrogen and oxygen atoms in total. The number of phenols is 1. The van der Waals surface area contributed by atoms with Gasteiger partial charge in [-0.25, -0.2) is 0 Å². The predicted octanol–water partition coefficient (Wildman–Crippen LogP) is 3.07. The summed E-state index contributed by atoms with van der Waals surface area (Å²) in [5.41, 5.74) is 2.11. The summed E-state index contributed by atoms with van der Waals surface area (Å²) in [6, 6.07) is 1.74. The maximum absolute atomic E-state index is 9.85. The second kappa shape index (κ2) is 5.30. The van der Waals surface area contributed by atoms with Crippen molar-refractivity contribution >= 4 is 0 Å². The Balaban J connectivity index is 0.000000514. The Labute approximate surface area is 102 Å². The molecule has 1 aromatic rings. The average Bonchev–Trinajstić information content (AvgIpc) is 2.42.